The number of hydrogen-bond acceptors (Lipinski definition) is 5. The van der Waals surface area contributed by atoms with Crippen molar-refractivity contribution in [2.75, 3.05) is 13.1 Å². The van der Waals surface area contributed by atoms with Crippen molar-refractivity contribution in [1.29, 1.82) is 0 Å². The van der Waals surface area contributed by atoms with Crippen molar-refractivity contribution in [3.8, 4) is 5.75 Å². The van der Waals surface area contributed by atoms with Gasteiger partial charge < -0.3 is 15.6 Å². The van der Waals surface area contributed by atoms with Gasteiger partial charge in [-0.05, 0) is 54.3 Å². The van der Waals surface area contributed by atoms with E-state index in [2.05, 4.69) is 0 Å². The molecule has 0 unspecified atom stereocenters. The maximum Gasteiger partial charge on any atom is 0.320 e. The van der Waals surface area contributed by atoms with E-state index in [1.807, 2.05) is 61.5 Å². The minimum atomic E-state index is -3.80. The van der Waals surface area contributed by atoms with Gasteiger partial charge in [-0.1, -0.05) is 54.6 Å². The molecule has 1 heterocycles. The fourth-order valence-electron chi connectivity index (χ4n) is 3.97. The van der Waals surface area contributed by atoms with Crippen molar-refractivity contribution < 1.29 is 23.1 Å². The first kappa shape index (κ1) is 23.0. The molecule has 0 radical (unpaired) electrons. The van der Waals surface area contributed by atoms with E-state index in [-0.39, 0.29) is 24.4 Å². The summed E-state index contributed by atoms with van der Waals surface area (Å²) in [7, 11) is -3.80. The summed E-state index contributed by atoms with van der Waals surface area (Å²) in [6.07, 6.45) is 0.0448. The Labute approximate surface area is 193 Å². The molecule has 4 rings (SSSR count). The van der Waals surface area contributed by atoms with E-state index in [1.165, 1.54) is 16.4 Å². The molecule has 3 N–H and O–H groups in total. The van der Waals surface area contributed by atoms with Crippen molar-refractivity contribution in [2.24, 2.45) is 5.73 Å². The Hall–Kier alpha value is -3.20. The largest absolute Gasteiger partial charge is 0.480 e. The van der Waals surface area contributed by atoms with E-state index in [0.717, 1.165) is 11.1 Å². The van der Waals surface area contributed by atoms with Gasteiger partial charge in [0.15, 0.2) is 5.60 Å². The summed E-state index contributed by atoms with van der Waals surface area (Å²) in [6, 6.07) is 22.4. The predicted octanol–water partition coefficient (Wildman–Crippen LogP) is 2.93. The van der Waals surface area contributed by atoms with Gasteiger partial charge in [0.25, 0.3) is 0 Å². The lowest BCUT2D eigenvalue weighted by molar-refractivity contribution is -0.138. The quantitative estimate of drug-likeness (QED) is 0.528. The third kappa shape index (κ3) is 4.78. The highest BCUT2D eigenvalue weighted by atomic mass is 32.2. The second kappa shape index (κ2) is 8.97. The fraction of sp³-hybridized carbons (Fsp3) is 0.240. The molecule has 0 aromatic heterocycles. The van der Waals surface area contributed by atoms with Crippen LogP contribution in [0.3, 0.4) is 0 Å². The number of benzene rings is 3. The number of aliphatic carboxylic acids is 1. The number of aryl methyl sites for hydroxylation is 1. The maximum atomic E-state index is 13.3. The van der Waals surface area contributed by atoms with Gasteiger partial charge in [-0.25, -0.2) is 8.42 Å². The van der Waals surface area contributed by atoms with Gasteiger partial charge in [-0.2, -0.15) is 4.31 Å². The second-order valence-corrected chi connectivity index (χ2v) is 10.3. The number of rotatable bonds is 8. The van der Waals surface area contributed by atoms with Crippen LogP contribution in [0.4, 0.5) is 0 Å². The zero-order valence-electron chi connectivity index (χ0n) is 18.2. The van der Waals surface area contributed by atoms with Gasteiger partial charge in [0.2, 0.25) is 10.0 Å². The van der Waals surface area contributed by atoms with Crippen molar-refractivity contribution in [3.05, 3.63) is 95.6 Å². The molecular weight excluding hydrogens is 440 g/mol. The Morgan fingerprint density at radius 3 is 2.42 bits per heavy atom. The Morgan fingerprint density at radius 1 is 1.06 bits per heavy atom. The number of ether oxygens (including phenoxy) is 1. The van der Waals surface area contributed by atoms with E-state index in [1.54, 1.807) is 12.1 Å². The minimum absolute atomic E-state index is 0.0448. The van der Waals surface area contributed by atoms with Crippen LogP contribution in [0.1, 0.15) is 16.7 Å². The number of nitrogens with zero attached hydrogens (tertiary/aromatic N) is 1. The standard InChI is InChI=1S/C25H26N2O5S/c1-18-7-5-11-21(13-18)32-25(20-9-3-2-4-10-20)16-27(17-25)33(30,31)22-12-6-8-19(14-22)15-23(26)24(28)29/h2-14,23H,15-17,26H2,1H3,(H,28,29)/t23-/m0/s1. The lowest BCUT2D eigenvalue weighted by atomic mass is 9.87. The molecule has 1 fully saturated rings. The van der Waals surface area contributed by atoms with Crippen LogP contribution in [0.25, 0.3) is 0 Å². The van der Waals surface area contributed by atoms with Crippen molar-refractivity contribution in [3.63, 3.8) is 0 Å². The van der Waals surface area contributed by atoms with E-state index in [9.17, 15) is 13.2 Å². The van der Waals surface area contributed by atoms with Gasteiger partial charge in [0.05, 0.1) is 18.0 Å². The van der Waals surface area contributed by atoms with E-state index in [0.29, 0.717) is 11.3 Å². The Balaban J connectivity index is 1.59. The first-order valence-electron chi connectivity index (χ1n) is 10.6. The first-order chi connectivity index (χ1) is 15.7. The second-order valence-electron chi connectivity index (χ2n) is 8.35. The Morgan fingerprint density at radius 2 is 1.76 bits per heavy atom. The lowest BCUT2D eigenvalue weighted by Gasteiger charge is -2.49. The molecule has 1 aliphatic rings. The van der Waals surface area contributed by atoms with Crippen LogP contribution in [-0.2, 0) is 26.8 Å². The molecule has 7 nitrogen and oxygen atoms in total. The first-order valence-corrected chi connectivity index (χ1v) is 12.0. The van der Waals surface area contributed by atoms with Crippen LogP contribution in [0.2, 0.25) is 0 Å². The molecule has 0 aliphatic carbocycles. The number of carbonyl (C=O) groups is 1. The lowest BCUT2D eigenvalue weighted by Crippen LogP contribution is -2.64. The summed E-state index contributed by atoms with van der Waals surface area (Å²) < 4.78 is 34.4. The average molecular weight is 467 g/mol. The topological polar surface area (TPSA) is 110 Å². The Bertz CT molecular complexity index is 1250. The smallest absolute Gasteiger partial charge is 0.320 e. The van der Waals surface area contributed by atoms with Crippen molar-refractivity contribution in [2.45, 2.75) is 29.9 Å². The predicted molar refractivity (Wildman–Crippen MR) is 124 cm³/mol. The number of carboxylic acids is 1. The molecule has 1 atom stereocenters. The monoisotopic (exact) mass is 466 g/mol. The molecule has 0 bridgehead atoms. The molecule has 3 aromatic rings. The summed E-state index contributed by atoms with van der Waals surface area (Å²) in [4.78, 5) is 11.2. The van der Waals surface area contributed by atoms with Gasteiger partial charge in [0, 0.05) is 0 Å². The summed E-state index contributed by atoms with van der Waals surface area (Å²) in [6.45, 7) is 2.29. The summed E-state index contributed by atoms with van der Waals surface area (Å²) in [5.74, 6) is -0.451. The zero-order valence-corrected chi connectivity index (χ0v) is 19.0. The molecular formula is C25H26N2O5S. The molecule has 0 saturated carbocycles. The molecule has 0 spiro atoms. The van der Waals surface area contributed by atoms with E-state index >= 15 is 0 Å². The number of hydrogen-bond donors (Lipinski definition) is 2. The SMILES string of the molecule is Cc1cccc(OC2(c3ccccc3)CN(S(=O)(=O)c3cccc(C[C@H](N)C(=O)O)c3)C2)c1. The van der Waals surface area contributed by atoms with Gasteiger partial charge in [0.1, 0.15) is 11.8 Å². The van der Waals surface area contributed by atoms with E-state index in [4.69, 9.17) is 15.6 Å². The van der Waals surface area contributed by atoms with Gasteiger partial charge in [-0.15, -0.1) is 0 Å². The number of sulfonamides is 1. The van der Waals surface area contributed by atoms with Gasteiger partial charge in [-0.3, -0.25) is 4.79 Å². The molecule has 0 amide bonds. The molecule has 1 aliphatic heterocycles. The highest BCUT2D eigenvalue weighted by molar-refractivity contribution is 7.89. The summed E-state index contributed by atoms with van der Waals surface area (Å²) in [5.41, 5.74) is 7.32. The normalized spacial score (nSPS) is 16.5. The highest BCUT2D eigenvalue weighted by Gasteiger charge is 2.52. The van der Waals surface area contributed by atoms with E-state index < -0.39 is 27.6 Å². The molecule has 172 valence electrons. The zero-order chi connectivity index (χ0) is 23.6. The van der Waals surface area contributed by atoms with Crippen LogP contribution < -0.4 is 10.5 Å². The molecule has 3 aromatic carbocycles. The summed E-state index contributed by atoms with van der Waals surface area (Å²) >= 11 is 0. The van der Waals surface area contributed by atoms with Crippen molar-refractivity contribution >= 4 is 16.0 Å². The van der Waals surface area contributed by atoms with Crippen molar-refractivity contribution in [1.82, 2.24) is 4.31 Å². The average Bonchev–Trinajstić information content (AvgIpc) is 2.76. The molecule has 33 heavy (non-hydrogen) atoms. The van der Waals surface area contributed by atoms with Crippen LogP contribution in [-0.4, -0.2) is 42.9 Å². The Kier molecular flexibility index (Phi) is 6.25. The summed E-state index contributed by atoms with van der Waals surface area (Å²) in [5, 5.41) is 9.05. The number of carboxylic acid groups (broad SMARTS) is 1. The third-order valence-corrected chi connectivity index (χ3v) is 7.56. The minimum Gasteiger partial charge on any atom is -0.480 e. The van der Waals surface area contributed by atoms with Gasteiger partial charge >= 0.3 is 5.97 Å². The van der Waals surface area contributed by atoms with Crippen LogP contribution in [0, 0.1) is 6.92 Å². The van der Waals surface area contributed by atoms with Crippen LogP contribution >= 0.6 is 0 Å². The van der Waals surface area contributed by atoms with Crippen LogP contribution in [0.5, 0.6) is 5.75 Å². The maximum absolute atomic E-state index is 13.3. The third-order valence-electron chi connectivity index (χ3n) is 5.78. The fourth-order valence-corrected chi connectivity index (χ4v) is 5.57. The molecule has 1 saturated heterocycles. The van der Waals surface area contributed by atoms with Crippen LogP contribution in [0.15, 0.2) is 83.8 Å². The molecule has 8 heteroatoms. The highest BCUT2D eigenvalue weighted by Crippen LogP contribution is 2.40. The number of nitrogens with two attached hydrogens (primary N) is 1.